The van der Waals surface area contributed by atoms with Crippen molar-refractivity contribution in [2.75, 3.05) is 31.6 Å². The third-order valence-electron chi connectivity index (χ3n) is 3.16. The molecule has 114 valence electrons. The zero-order chi connectivity index (χ0) is 15.5. The van der Waals surface area contributed by atoms with Gasteiger partial charge in [-0.3, -0.25) is 9.69 Å². The minimum absolute atomic E-state index is 0.127. The molecule has 1 aliphatic heterocycles. The Kier molecular flexibility index (Phi) is 4.82. The maximum absolute atomic E-state index is 11.9. The van der Waals surface area contributed by atoms with Crippen LogP contribution in [0.2, 0.25) is 5.02 Å². The Balaban J connectivity index is 1.73. The van der Waals surface area contributed by atoms with E-state index >= 15 is 0 Å². The van der Waals surface area contributed by atoms with Crippen molar-refractivity contribution in [1.29, 1.82) is 0 Å². The quantitative estimate of drug-likeness (QED) is 0.831. The molecular formula is C14H17ClN2O4. The van der Waals surface area contributed by atoms with Gasteiger partial charge in [0.05, 0.1) is 12.1 Å². The fourth-order valence-electron chi connectivity index (χ4n) is 2.28. The Morgan fingerprint density at radius 1 is 1.38 bits per heavy atom. The van der Waals surface area contributed by atoms with Gasteiger partial charge in [0.15, 0.2) is 0 Å². The van der Waals surface area contributed by atoms with Gasteiger partial charge in [-0.25, -0.2) is 4.79 Å². The molecule has 1 aromatic rings. The summed E-state index contributed by atoms with van der Waals surface area (Å²) in [5, 5.41) is 12.0. The zero-order valence-corrected chi connectivity index (χ0v) is 12.4. The summed E-state index contributed by atoms with van der Waals surface area (Å²) >= 11 is 5.77. The lowest BCUT2D eigenvalue weighted by Gasteiger charge is -2.46. The van der Waals surface area contributed by atoms with Gasteiger partial charge in [0.2, 0.25) is 5.91 Å². The number of carboxylic acids is 1. The lowest BCUT2D eigenvalue weighted by atomic mass is 9.96. The van der Waals surface area contributed by atoms with Crippen molar-refractivity contribution in [3.63, 3.8) is 0 Å². The van der Waals surface area contributed by atoms with Gasteiger partial charge in [-0.15, -0.1) is 0 Å². The van der Waals surface area contributed by atoms with Gasteiger partial charge in [0, 0.05) is 23.8 Å². The molecule has 7 heteroatoms. The molecule has 2 N–H and O–H groups in total. The van der Waals surface area contributed by atoms with Crippen molar-refractivity contribution in [1.82, 2.24) is 4.90 Å². The maximum Gasteiger partial charge on any atom is 0.329 e. The fraction of sp³-hybridized carbons (Fsp3) is 0.429. The SMILES string of the molecule is CC1(OCC(=O)O)CN(CC(=O)Nc2ccc(Cl)cc2)C1. The van der Waals surface area contributed by atoms with Crippen LogP contribution in [0.5, 0.6) is 0 Å². The predicted octanol–water partition coefficient (Wildman–Crippen LogP) is 1.45. The molecule has 1 aromatic carbocycles. The Bertz CT molecular complexity index is 526. The second-order valence-corrected chi connectivity index (χ2v) is 5.77. The van der Waals surface area contributed by atoms with Gasteiger partial charge < -0.3 is 15.2 Å². The van der Waals surface area contributed by atoms with E-state index in [4.69, 9.17) is 21.4 Å². The van der Waals surface area contributed by atoms with Crippen LogP contribution in [0.3, 0.4) is 0 Å². The molecule has 1 amide bonds. The van der Waals surface area contributed by atoms with Crippen LogP contribution < -0.4 is 5.32 Å². The zero-order valence-electron chi connectivity index (χ0n) is 11.6. The van der Waals surface area contributed by atoms with Crippen molar-refractivity contribution in [3.8, 4) is 0 Å². The van der Waals surface area contributed by atoms with Gasteiger partial charge in [-0.1, -0.05) is 11.6 Å². The van der Waals surface area contributed by atoms with Crippen molar-refractivity contribution in [2.24, 2.45) is 0 Å². The third kappa shape index (κ3) is 4.70. The van der Waals surface area contributed by atoms with Gasteiger partial charge >= 0.3 is 5.97 Å². The van der Waals surface area contributed by atoms with Crippen LogP contribution in [0.4, 0.5) is 5.69 Å². The smallest absolute Gasteiger partial charge is 0.329 e. The Labute approximate surface area is 127 Å². The van der Waals surface area contributed by atoms with Crippen LogP contribution in [-0.4, -0.2) is 53.7 Å². The number of carbonyl (C=O) groups excluding carboxylic acids is 1. The van der Waals surface area contributed by atoms with E-state index in [1.165, 1.54) is 0 Å². The number of benzene rings is 1. The van der Waals surface area contributed by atoms with E-state index < -0.39 is 11.6 Å². The minimum atomic E-state index is -0.991. The average molecular weight is 313 g/mol. The van der Waals surface area contributed by atoms with Gasteiger partial charge in [0.1, 0.15) is 6.61 Å². The second kappa shape index (κ2) is 6.43. The first kappa shape index (κ1) is 15.8. The number of hydrogen-bond acceptors (Lipinski definition) is 4. The van der Waals surface area contributed by atoms with Crippen molar-refractivity contribution in [3.05, 3.63) is 29.3 Å². The number of ether oxygens (including phenoxy) is 1. The van der Waals surface area contributed by atoms with E-state index in [2.05, 4.69) is 5.32 Å². The van der Waals surface area contributed by atoms with Gasteiger partial charge in [-0.2, -0.15) is 0 Å². The molecule has 0 saturated carbocycles. The van der Waals surface area contributed by atoms with E-state index in [0.717, 1.165) is 0 Å². The third-order valence-corrected chi connectivity index (χ3v) is 3.41. The van der Waals surface area contributed by atoms with Crippen molar-refractivity contribution >= 4 is 29.2 Å². The fourth-order valence-corrected chi connectivity index (χ4v) is 2.40. The summed E-state index contributed by atoms with van der Waals surface area (Å²) in [4.78, 5) is 24.2. The van der Waals surface area contributed by atoms with Gasteiger partial charge in [-0.05, 0) is 31.2 Å². The number of aliphatic carboxylic acids is 1. The standard InChI is InChI=1S/C14H17ClN2O4/c1-14(21-7-13(19)20)8-17(9-14)6-12(18)16-11-4-2-10(15)3-5-11/h2-5H,6-9H2,1H3,(H,16,18)(H,19,20). The molecule has 6 nitrogen and oxygen atoms in total. The van der Waals surface area contributed by atoms with E-state index in [9.17, 15) is 9.59 Å². The van der Waals surface area contributed by atoms with Crippen LogP contribution in [0.25, 0.3) is 0 Å². The maximum atomic E-state index is 11.9. The predicted molar refractivity (Wildman–Crippen MR) is 78.5 cm³/mol. The molecule has 1 heterocycles. The number of amides is 1. The molecule has 0 aliphatic carbocycles. The number of likely N-dealkylation sites (tertiary alicyclic amines) is 1. The van der Waals surface area contributed by atoms with Crippen LogP contribution >= 0.6 is 11.6 Å². The number of rotatable bonds is 6. The van der Waals surface area contributed by atoms with E-state index in [1.807, 2.05) is 11.8 Å². The molecule has 1 saturated heterocycles. The van der Waals surface area contributed by atoms with E-state index in [0.29, 0.717) is 23.8 Å². The summed E-state index contributed by atoms with van der Waals surface area (Å²) in [6, 6.07) is 6.88. The van der Waals surface area contributed by atoms with E-state index in [-0.39, 0.29) is 19.1 Å². The second-order valence-electron chi connectivity index (χ2n) is 5.33. The molecule has 0 radical (unpaired) electrons. The van der Waals surface area contributed by atoms with Crippen molar-refractivity contribution < 1.29 is 19.4 Å². The number of halogens is 1. The highest BCUT2D eigenvalue weighted by Crippen LogP contribution is 2.24. The summed E-state index contributed by atoms with van der Waals surface area (Å²) in [7, 11) is 0. The molecule has 0 atom stereocenters. The molecule has 1 fully saturated rings. The van der Waals surface area contributed by atoms with Crippen LogP contribution in [-0.2, 0) is 14.3 Å². The lowest BCUT2D eigenvalue weighted by Crippen LogP contribution is -2.63. The molecule has 21 heavy (non-hydrogen) atoms. The summed E-state index contributed by atoms with van der Waals surface area (Å²) in [5.41, 5.74) is 0.202. The largest absolute Gasteiger partial charge is 0.480 e. The molecule has 2 rings (SSSR count). The van der Waals surface area contributed by atoms with Crippen LogP contribution in [0.15, 0.2) is 24.3 Å². The number of hydrogen-bond donors (Lipinski definition) is 2. The number of carbonyl (C=O) groups is 2. The number of nitrogens with zero attached hydrogens (tertiary/aromatic N) is 1. The molecule has 0 spiro atoms. The molecule has 0 bridgehead atoms. The summed E-state index contributed by atoms with van der Waals surface area (Å²) in [5.74, 6) is -1.12. The molecule has 0 aromatic heterocycles. The monoisotopic (exact) mass is 312 g/mol. The summed E-state index contributed by atoms with van der Waals surface area (Å²) in [6.45, 7) is 2.84. The topological polar surface area (TPSA) is 78.9 Å². The average Bonchev–Trinajstić information content (AvgIpc) is 2.37. The Morgan fingerprint density at radius 2 is 2.00 bits per heavy atom. The summed E-state index contributed by atoms with van der Waals surface area (Å²) in [6.07, 6.45) is 0. The first-order valence-electron chi connectivity index (χ1n) is 6.50. The highest BCUT2D eigenvalue weighted by Gasteiger charge is 2.40. The first-order chi connectivity index (χ1) is 9.86. The van der Waals surface area contributed by atoms with E-state index in [1.54, 1.807) is 24.3 Å². The minimum Gasteiger partial charge on any atom is -0.480 e. The normalized spacial score (nSPS) is 17.0. The number of anilines is 1. The summed E-state index contributed by atoms with van der Waals surface area (Å²) < 4.78 is 5.28. The Morgan fingerprint density at radius 3 is 2.57 bits per heavy atom. The highest BCUT2D eigenvalue weighted by molar-refractivity contribution is 6.30. The Hall–Kier alpha value is -1.63. The van der Waals surface area contributed by atoms with Crippen molar-refractivity contribution in [2.45, 2.75) is 12.5 Å². The lowest BCUT2D eigenvalue weighted by molar-refractivity contribution is -0.165. The number of carboxylic acid groups (broad SMARTS) is 1. The molecular weight excluding hydrogens is 296 g/mol. The molecule has 1 aliphatic rings. The molecule has 0 unspecified atom stereocenters. The highest BCUT2D eigenvalue weighted by atomic mass is 35.5. The van der Waals surface area contributed by atoms with Crippen LogP contribution in [0.1, 0.15) is 6.92 Å². The van der Waals surface area contributed by atoms with Crippen LogP contribution in [0, 0.1) is 0 Å². The first-order valence-corrected chi connectivity index (χ1v) is 6.88. The van der Waals surface area contributed by atoms with Gasteiger partial charge in [0.25, 0.3) is 0 Å². The number of nitrogens with one attached hydrogen (secondary N) is 1.